The van der Waals surface area contributed by atoms with Crippen LogP contribution in [0.5, 0.6) is 0 Å². The molecule has 0 aliphatic rings. The number of pyridine rings is 1. The Morgan fingerprint density at radius 3 is 2.54 bits per heavy atom. The van der Waals surface area contributed by atoms with Crippen LogP contribution in [0.15, 0.2) is 60.7 Å². The van der Waals surface area contributed by atoms with Crippen molar-refractivity contribution in [3.8, 4) is 0 Å². The molecule has 2 aromatic carbocycles. The number of carbonyl (C=O) groups is 3. The predicted octanol–water partition coefficient (Wildman–Crippen LogP) is 2.45. The highest BCUT2D eigenvalue weighted by Crippen LogP contribution is 2.13. The Kier molecular flexibility index (Phi) is 5.64. The Hall–Kier alpha value is -3.74. The summed E-state index contributed by atoms with van der Waals surface area (Å²) < 4.78 is 4.63. The van der Waals surface area contributed by atoms with Crippen molar-refractivity contribution in [1.82, 2.24) is 10.3 Å². The molecular formula is C21H18N2O5. The van der Waals surface area contributed by atoms with Crippen LogP contribution in [0.1, 0.15) is 26.4 Å². The Balaban J connectivity index is 1.78. The lowest BCUT2D eigenvalue weighted by molar-refractivity contribution is -0.139. The minimum atomic E-state index is -1.17. The third kappa shape index (κ3) is 4.32. The first-order valence-corrected chi connectivity index (χ1v) is 8.54. The van der Waals surface area contributed by atoms with E-state index in [4.69, 9.17) is 0 Å². The third-order valence-corrected chi connectivity index (χ3v) is 4.22. The van der Waals surface area contributed by atoms with Gasteiger partial charge in [-0.3, -0.25) is 9.78 Å². The van der Waals surface area contributed by atoms with Crippen LogP contribution in [-0.2, 0) is 16.0 Å². The van der Waals surface area contributed by atoms with Gasteiger partial charge in [-0.15, -0.1) is 0 Å². The summed E-state index contributed by atoms with van der Waals surface area (Å²) in [6.07, 6.45) is 0.0304. The molecule has 7 nitrogen and oxygen atoms in total. The van der Waals surface area contributed by atoms with Crippen molar-refractivity contribution in [2.75, 3.05) is 7.11 Å². The van der Waals surface area contributed by atoms with Crippen LogP contribution in [-0.4, -0.2) is 41.1 Å². The molecule has 0 unspecified atom stereocenters. The molecule has 28 heavy (non-hydrogen) atoms. The monoisotopic (exact) mass is 378 g/mol. The van der Waals surface area contributed by atoms with E-state index in [0.29, 0.717) is 5.69 Å². The summed E-state index contributed by atoms with van der Waals surface area (Å²) in [5.74, 6) is -2.35. The summed E-state index contributed by atoms with van der Waals surface area (Å²) in [5, 5.41) is 12.9. The number of carbonyl (C=O) groups excluding carboxylic acids is 2. The number of aromatic nitrogens is 1. The van der Waals surface area contributed by atoms with Gasteiger partial charge < -0.3 is 15.2 Å². The zero-order valence-electron chi connectivity index (χ0n) is 15.1. The molecule has 0 radical (unpaired) electrons. The minimum Gasteiger partial charge on any atom is -0.480 e. The second-order valence-electron chi connectivity index (χ2n) is 6.14. The van der Waals surface area contributed by atoms with E-state index in [0.717, 1.165) is 10.9 Å². The van der Waals surface area contributed by atoms with Gasteiger partial charge in [0.05, 0.1) is 18.2 Å². The number of esters is 1. The zero-order chi connectivity index (χ0) is 20.1. The summed E-state index contributed by atoms with van der Waals surface area (Å²) in [6, 6.07) is 15.8. The molecular weight excluding hydrogens is 360 g/mol. The van der Waals surface area contributed by atoms with Crippen LogP contribution in [0, 0.1) is 0 Å². The molecule has 1 amide bonds. The number of methoxy groups -OCH3 is 1. The SMILES string of the molecule is COC(=O)c1cccc(C(=O)N[C@H](Cc2ccc3ccccc3n2)C(=O)O)c1. The molecule has 3 rings (SSSR count). The lowest BCUT2D eigenvalue weighted by Gasteiger charge is -2.15. The normalized spacial score (nSPS) is 11.6. The van der Waals surface area contributed by atoms with Gasteiger partial charge in [0.25, 0.3) is 5.91 Å². The molecule has 2 N–H and O–H groups in total. The molecule has 1 heterocycles. The number of benzene rings is 2. The van der Waals surface area contributed by atoms with Crippen LogP contribution in [0.4, 0.5) is 0 Å². The van der Waals surface area contributed by atoms with Gasteiger partial charge in [0.15, 0.2) is 0 Å². The topological polar surface area (TPSA) is 106 Å². The molecule has 0 fully saturated rings. The van der Waals surface area contributed by atoms with Crippen LogP contribution < -0.4 is 5.32 Å². The van der Waals surface area contributed by atoms with Crippen LogP contribution in [0.25, 0.3) is 10.9 Å². The number of fused-ring (bicyclic) bond motifs is 1. The van der Waals surface area contributed by atoms with Gasteiger partial charge in [0, 0.05) is 23.1 Å². The number of amides is 1. The second kappa shape index (κ2) is 8.30. The first-order chi connectivity index (χ1) is 13.5. The summed E-state index contributed by atoms with van der Waals surface area (Å²) in [5.41, 5.74) is 1.68. The highest BCUT2D eigenvalue weighted by Gasteiger charge is 2.22. The number of hydrogen-bond donors (Lipinski definition) is 2. The number of rotatable bonds is 6. The number of carboxylic acid groups (broad SMARTS) is 1. The first kappa shape index (κ1) is 19.0. The van der Waals surface area contributed by atoms with E-state index in [9.17, 15) is 19.5 Å². The molecule has 3 aromatic rings. The third-order valence-electron chi connectivity index (χ3n) is 4.22. The number of hydrogen-bond acceptors (Lipinski definition) is 5. The first-order valence-electron chi connectivity index (χ1n) is 8.54. The summed E-state index contributed by atoms with van der Waals surface area (Å²) >= 11 is 0. The number of ether oxygens (including phenoxy) is 1. The standard InChI is InChI=1S/C21H18N2O5/c1-28-21(27)15-7-4-6-14(11-15)19(24)23-18(20(25)26)12-16-10-9-13-5-2-3-8-17(13)22-16/h2-11,18H,12H2,1H3,(H,23,24)(H,25,26)/t18-/m1/s1. The van der Waals surface area contributed by atoms with Crippen molar-refractivity contribution >= 4 is 28.7 Å². The van der Waals surface area contributed by atoms with Gasteiger partial charge in [-0.2, -0.15) is 0 Å². The summed E-state index contributed by atoms with van der Waals surface area (Å²) in [7, 11) is 1.24. The maximum absolute atomic E-state index is 12.5. The lowest BCUT2D eigenvalue weighted by atomic mass is 10.1. The van der Waals surface area contributed by atoms with E-state index >= 15 is 0 Å². The molecule has 0 saturated carbocycles. The molecule has 0 aliphatic heterocycles. The Bertz CT molecular complexity index is 1050. The van der Waals surface area contributed by atoms with Crippen LogP contribution in [0.3, 0.4) is 0 Å². The average Bonchev–Trinajstić information content (AvgIpc) is 2.72. The van der Waals surface area contributed by atoms with Gasteiger partial charge in [-0.25, -0.2) is 9.59 Å². The van der Waals surface area contributed by atoms with Crippen molar-refractivity contribution in [3.63, 3.8) is 0 Å². The van der Waals surface area contributed by atoms with Gasteiger partial charge >= 0.3 is 11.9 Å². The smallest absolute Gasteiger partial charge is 0.337 e. The van der Waals surface area contributed by atoms with E-state index in [1.807, 2.05) is 30.3 Å². The fraction of sp³-hybridized carbons (Fsp3) is 0.143. The van der Waals surface area contributed by atoms with E-state index in [1.165, 1.54) is 31.4 Å². The average molecular weight is 378 g/mol. The Morgan fingerprint density at radius 2 is 1.79 bits per heavy atom. The predicted molar refractivity (Wildman–Crippen MR) is 102 cm³/mol. The maximum atomic E-state index is 12.5. The molecule has 0 saturated heterocycles. The number of nitrogens with one attached hydrogen (secondary N) is 1. The van der Waals surface area contributed by atoms with Gasteiger partial charge in [-0.05, 0) is 30.3 Å². The van der Waals surface area contributed by atoms with Crippen LogP contribution in [0.2, 0.25) is 0 Å². The quantitative estimate of drug-likeness (QED) is 0.638. The summed E-state index contributed by atoms with van der Waals surface area (Å²) in [4.78, 5) is 40.2. The molecule has 142 valence electrons. The van der Waals surface area contributed by atoms with Gasteiger partial charge in [-0.1, -0.05) is 30.3 Å². The van der Waals surface area contributed by atoms with Gasteiger partial charge in [0.2, 0.25) is 0 Å². The fourth-order valence-electron chi connectivity index (χ4n) is 2.78. The molecule has 0 spiro atoms. The highest BCUT2D eigenvalue weighted by molar-refractivity contribution is 5.99. The molecule has 1 aromatic heterocycles. The number of para-hydroxylation sites is 1. The largest absolute Gasteiger partial charge is 0.480 e. The van der Waals surface area contributed by atoms with E-state index < -0.39 is 23.9 Å². The van der Waals surface area contributed by atoms with Crippen LogP contribution >= 0.6 is 0 Å². The van der Waals surface area contributed by atoms with Crippen molar-refractivity contribution in [3.05, 3.63) is 77.5 Å². The summed E-state index contributed by atoms with van der Waals surface area (Å²) in [6.45, 7) is 0. The maximum Gasteiger partial charge on any atom is 0.337 e. The fourth-order valence-corrected chi connectivity index (χ4v) is 2.78. The Morgan fingerprint density at radius 1 is 1.04 bits per heavy atom. The number of carboxylic acids is 1. The second-order valence-corrected chi connectivity index (χ2v) is 6.14. The Labute approximate surface area is 161 Å². The van der Waals surface area contributed by atoms with Crippen molar-refractivity contribution in [2.24, 2.45) is 0 Å². The van der Waals surface area contributed by atoms with Crippen molar-refractivity contribution < 1.29 is 24.2 Å². The van der Waals surface area contributed by atoms with E-state index in [-0.39, 0.29) is 17.5 Å². The van der Waals surface area contributed by atoms with Crippen molar-refractivity contribution in [2.45, 2.75) is 12.5 Å². The number of nitrogens with zero attached hydrogens (tertiary/aromatic N) is 1. The molecule has 7 heteroatoms. The van der Waals surface area contributed by atoms with E-state index in [1.54, 1.807) is 6.07 Å². The molecule has 0 aliphatic carbocycles. The van der Waals surface area contributed by atoms with E-state index in [2.05, 4.69) is 15.0 Å². The molecule has 0 bridgehead atoms. The molecule has 1 atom stereocenters. The lowest BCUT2D eigenvalue weighted by Crippen LogP contribution is -2.42. The van der Waals surface area contributed by atoms with Crippen molar-refractivity contribution in [1.29, 1.82) is 0 Å². The highest BCUT2D eigenvalue weighted by atomic mass is 16.5. The minimum absolute atomic E-state index is 0.0304. The van der Waals surface area contributed by atoms with Gasteiger partial charge in [0.1, 0.15) is 6.04 Å². The zero-order valence-corrected chi connectivity index (χ0v) is 15.1. The number of aliphatic carboxylic acids is 1.